The van der Waals surface area contributed by atoms with E-state index in [-0.39, 0.29) is 12.2 Å². The Balaban J connectivity index is 2.02. The predicted octanol–water partition coefficient (Wildman–Crippen LogP) is 1.54. The fraction of sp³-hybridized carbons (Fsp3) is 0.231. The van der Waals surface area contributed by atoms with Crippen LogP contribution in [-0.4, -0.2) is 26.9 Å². The molecule has 0 saturated heterocycles. The maximum atomic E-state index is 12.2. The van der Waals surface area contributed by atoms with Gasteiger partial charge in [0.1, 0.15) is 10.8 Å². The number of hydrogen-bond acceptors (Lipinski definition) is 5. The molecule has 0 fully saturated rings. The normalized spacial score (nSPS) is 18.4. The molecule has 0 aliphatic carbocycles. The van der Waals surface area contributed by atoms with Crippen LogP contribution in [0.1, 0.15) is 17.4 Å². The lowest BCUT2D eigenvalue weighted by Gasteiger charge is -2.21. The monoisotopic (exact) mass is 289 g/mol. The number of aliphatic hydroxyl groups excluding tert-OH is 1. The highest BCUT2D eigenvalue weighted by molar-refractivity contribution is 7.22. The topological polar surface area (TPSA) is 91.0 Å². The minimum Gasteiger partial charge on any atom is -0.384 e. The molecule has 4 rings (SSSR count). The number of aromatic nitrogens is 3. The summed E-state index contributed by atoms with van der Waals surface area (Å²) in [4.78, 5) is 15.9. The molecule has 0 saturated carbocycles. The first-order valence-corrected chi connectivity index (χ1v) is 6.99. The van der Waals surface area contributed by atoms with Crippen molar-refractivity contribution >= 4 is 21.4 Å². The van der Waals surface area contributed by atoms with Crippen LogP contribution in [0.25, 0.3) is 20.5 Å². The first-order valence-electron chi connectivity index (χ1n) is 6.17. The number of thiophene rings is 1. The summed E-state index contributed by atoms with van der Waals surface area (Å²) in [6, 6.07) is 1.96. The second-order valence-electron chi connectivity index (χ2n) is 4.72. The Morgan fingerprint density at radius 2 is 2.40 bits per heavy atom. The summed E-state index contributed by atoms with van der Waals surface area (Å²) in [5.74, 6) is 0. The minimum absolute atomic E-state index is 0.167. The van der Waals surface area contributed by atoms with Gasteiger partial charge < -0.3 is 14.8 Å². The van der Waals surface area contributed by atoms with E-state index < -0.39 is 6.10 Å². The number of ether oxygens (including phenoxy) is 1. The number of aliphatic hydroxyl groups is 1. The Bertz CT molecular complexity index is 835. The maximum Gasteiger partial charge on any atom is 0.266 e. The SMILES string of the molecule is O=c1[nH]c2c(c3cc(-c4cn[nH]c4)sc13)COCC2O. The number of pyridine rings is 1. The number of rotatable bonds is 1. The van der Waals surface area contributed by atoms with Crippen LogP contribution in [0.2, 0.25) is 0 Å². The molecule has 102 valence electrons. The van der Waals surface area contributed by atoms with Crippen molar-refractivity contribution in [3.8, 4) is 10.4 Å². The van der Waals surface area contributed by atoms with Gasteiger partial charge in [-0.15, -0.1) is 11.3 Å². The molecule has 4 heterocycles. The maximum absolute atomic E-state index is 12.2. The molecule has 3 N–H and O–H groups in total. The van der Waals surface area contributed by atoms with E-state index in [0.717, 1.165) is 21.4 Å². The van der Waals surface area contributed by atoms with Crippen molar-refractivity contribution in [1.82, 2.24) is 15.2 Å². The summed E-state index contributed by atoms with van der Waals surface area (Å²) >= 11 is 1.41. The summed E-state index contributed by atoms with van der Waals surface area (Å²) in [6.45, 7) is 0.619. The van der Waals surface area contributed by atoms with Crippen LogP contribution in [0, 0.1) is 0 Å². The largest absolute Gasteiger partial charge is 0.384 e. The smallest absolute Gasteiger partial charge is 0.266 e. The molecule has 7 heteroatoms. The van der Waals surface area contributed by atoms with Crippen LogP contribution in [0.5, 0.6) is 0 Å². The molecule has 0 bridgehead atoms. The zero-order chi connectivity index (χ0) is 13.7. The zero-order valence-corrected chi connectivity index (χ0v) is 11.2. The molecule has 3 aromatic rings. The van der Waals surface area contributed by atoms with Crippen molar-refractivity contribution in [2.75, 3.05) is 6.61 Å². The number of aromatic amines is 2. The number of nitrogens with one attached hydrogen (secondary N) is 2. The first kappa shape index (κ1) is 11.8. The number of H-pyrrole nitrogens is 2. The van der Waals surface area contributed by atoms with E-state index >= 15 is 0 Å². The van der Waals surface area contributed by atoms with Crippen molar-refractivity contribution in [2.45, 2.75) is 12.7 Å². The second kappa shape index (κ2) is 4.27. The number of fused-ring (bicyclic) bond motifs is 3. The second-order valence-corrected chi connectivity index (χ2v) is 5.77. The molecule has 1 unspecified atom stereocenters. The van der Waals surface area contributed by atoms with E-state index in [4.69, 9.17) is 4.74 Å². The molecule has 20 heavy (non-hydrogen) atoms. The van der Waals surface area contributed by atoms with Crippen molar-refractivity contribution in [2.24, 2.45) is 0 Å². The van der Waals surface area contributed by atoms with Gasteiger partial charge in [0.25, 0.3) is 5.56 Å². The third-order valence-corrected chi connectivity index (χ3v) is 4.66. The Kier molecular flexibility index (Phi) is 2.53. The Morgan fingerprint density at radius 1 is 1.50 bits per heavy atom. The van der Waals surface area contributed by atoms with Crippen molar-refractivity contribution in [3.63, 3.8) is 0 Å². The van der Waals surface area contributed by atoms with Crippen LogP contribution in [0.4, 0.5) is 0 Å². The summed E-state index contributed by atoms with van der Waals surface area (Å²) in [5.41, 5.74) is 2.21. The van der Waals surface area contributed by atoms with E-state index in [2.05, 4.69) is 15.2 Å². The third kappa shape index (κ3) is 1.64. The van der Waals surface area contributed by atoms with Crippen LogP contribution in [0.15, 0.2) is 23.3 Å². The fourth-order valence-electron chi connectivity index (χ4n) is 2.51. The molecular formula is C13H11N3O3S. The van der Waals surface area contributed by atoms with Gasteiger partial charge in [-0.2, -0.15) is 5.10 Å². The standard InChI is InChI=1S/C13H11N3O3S/c17-9-5-19-4-8-7-1-10(6-2-14-15-3-6)20-12(7)13(18)16-11(8)9/h1-3,9,17H,4-5H2,(H,14,15)(H,16,18). The summed E-state index contributed by atoms with van der Waals surface area (Å²) in [7, 11) is 0. The molecule has 0 radical (unpaired) electrons. The molecule has 1 aliphatic rings. The molecule has 0 amide bonds. The van der Waals surface area contributed by atoms with Crippen molar-refractivity contribution < 1.29 is 9.84 Å². The van der Waals surface area contributed by atoms with Gasteiger partial charge >= 0.3 is 0 Å². The molecule has 1 atom stereocenters. The molecule has 1 aliphatic heterocycles. The average molecular weight is 289 g/mol. The summed E-state index contributed by atoms with van der Waals surface area (Å²) in [5, 5.41) is 17.5. The molecular weight excluding hydrogens is 278 g/mol. The van der Waals surface area contributed by atoms with E-state index in [1.165, 1.54) is 11.3 Å². The lowest BCUT2D eigenvalue weighted by Crippen LogP contribution is -2.22. The van der Waals surface area contributed by atoms with Crippen LogP contribution in [-0.2, 0) is 11.3 Å². The Hall–Kier alpha value is -1.96. The van der Waals surface area contributed by atoms with E-state index in [9.17, 15) is 9.90 Å². The molecule has 3 aromatic heterocycles. The summed E-state index contributed by atoms with van der Waals surface area (Å²) in [6.07, 6.45) is 2.74. The van der Waals surface area contributed by atoms with Crippen molar-refractivity contribution in [3.05, 3.63) is 40.1 Å². The average Bonchev–Trinajstić information content (AvgIpc) is 3.08. The highest BCUT2D eigenvalue weighted by Gasteiger charge is 2.24. The first-order chi connectivity index (χ1) is 9.74. The quantitative estimate of drug-likeness (QED) is 0.634. The van der Waals surface area contributed by atoms with Gasteiger partial charge in [0.2, 0.25) is 0 Å². The third-order valence-electron chi connectivity index (χ3n) is 3.47. The van der Waals surface area contributed by atoms with Crippen LogP contribution in [0.3, 0.4) is 0 Å². The van der Waals surface area contributed by atoms with Crippen LogP contribution < -0.4 is 5.56 Å². The van der Waals surface area contributed by atoms with E-state index in [1.54, 1.807) is 12.4 Å². The fourth-order valence-corrected chi connectivity index (χ4v) is 3.57. The van der Waals surface area contributed by atoms with E-state index in [0.29, 0.717) is 17.0 Å². The number of nitrogens with zero attached hydrogens (tertiary/aromatic N) is 1. The highest BCUT2D eigenvalue weighted by atomic mass is 32.1. The van der Waals surface area contributed by atoms with E-state index in [1.807, 2.05) is 6.07 Å². The Labute approximate surface area is 117 Å². The van der Waals surface area contributed by atoms with Gasteiger partial charge in [-0.05, 0) is 6.07 Å². The van der Waals surface area contributed by atoms with Gasteiger partial charge in [0, 0.05) is 27.6 Å². The van der Waals surface area contributed by atoms with Crippen LogP contribution >= 0.6 is 11.3 Å². The van der Waals surface area contributed by atoms with Gasteiger partial charge in [-0.25, -0.2) is 0 Å². The van der Waals surface area contributed by atoms with Gasteiger partial charge in [0.15, 0.2) is 0 Å². The summed E-state index contributed by atoms with van der Waals surface area (Å²) < 4.78 is 6.02. The minimum atomic E-state index is -0.770. The number of hydrogen-bond donors (Lipinski definition) is 3. The lowest BCUT2D eigenvalue weighted by molar-refractivity contribution is 0.00764. The highest BCUT2D eigenvalue weighted by Crippen LogP contribution is 2.36. The Morgan fingerprint density at radius 3 is 3.20 bits per heavy atom. The van der Waals surface area contributed by atoms with Crippen molar-refractivity contribution in [1.29, 1.82) is 0 Å². The van der Waals surface area contributed by atoms with Gasteiger partial charge in [0.05, 0.1) is 25.1 Å². The lowest BCUT2D eigenvalue weighted by atomic mass is 10.0. The molecule has 0 spiro atoms. The zero-order valence-electron chi connectivity index (χ0n) is 10.3. The van der Waals surface area contributed by atoms with Gasteiger partial charge in [-0.1, -0.05) is 0 Å². The van der Waals surface area contributed by atoms with Gasteiger partial charge in [-0.3, -0.25) is 9.89 Å². The molecule has 0 aromatic carbocycles. The predicted molar refractivity (Wildman–Crippen MR) is 74.6 cm³/mol. The molecule has 6 nitrogen and oxygen atoms in total.